The normalized spacial score (nSPS) is 24.4. The van der Waals surface area contributed by atoms with E-state index < -0.39 is 0 Å². The Morgan fingerprint density at radius 3 is 2.33 bits per heavy atom. The van der Waals surface area contributed by atoms with E-state index in [9.17, 15) is 0 Å². The Kier molecular flexibility index (Phi) is 5.81. The van der Waals surface area contributed by atoms with E-state index in [0.717, 1.165) is 18.8 Å². The van der Waals surface area contributed by atoms with Gasteiger partial charge >= 0.3 is 0 Å². The second kappa shape index (κ2) is 7.21. The van der Waals surface area contributed by atoms with Gasteiger partial charge in [-0.1, -0.05) is 57.3 Å². The van der Waals surface area contributed by atoms with Crippen LogP contribution in [-0.4, -0.2) is 25.2 Å². The first-order chi connectivity index (χ1) is 9.92. The van der Waals surface area contributed by atoms with Crippen molar-refractivity contribution in [2.75, 3.05) is 18.0 Å². The molecule has 1 aromatic rings. The molecule has 3 unspecified atom stereocenters. The number of piperazine rings is 1. The molecule has 118 valence electrons. The summed E-state index contributed by atoms with van der Waals surface area (Å²) in [5.74, 6) is 1.24. The Balaban J connectivity index is 2.29. The van der Waals surface area contributed by atoms with Gasteiger partial charge in [0.15, 0.2) is 0 Å². The van der Waals surface area contributed by atoms with E-state index in [-0.39, 0.29) is 0 Å². The van der Waals surface area contributed by atoms with Gasteiger partial charge in [0.2, 0.25) is 0 Å². The van der Waals surface area contributed by atoms with Crippen LogP contribution in [0.4, 0.5) is 5.69 Å². The number of anilines is 1. The maximum absolute atomic E-state index is 6.20. The third-order valence-corrected chi connectivity index (χ3v) is 5.10. The SMILES string of the molecule is CCC(C)C1CN(c2cc(Cl)cc(Cl)c2)C(C(C)C)CN1. The third kappa shape index (κ3) is 4.06. The van der Waals surface area contributed by atoms with Crippen molar-refractivity contribution in [2.45, 2.75) is 46.2 Å². The van der Waals surface area contributed by atoms with E-state index >= 15 is 0 Å². The molecule has 2 rings (SSSR count). The zero-order valence-electron chi connectivity index (χ0n) is 13.4. The monoisotopic (exact) mass is 328 g/mol. The van der Waals surface area contributed by atoms with Gasteiger partial charge < -0.3 is 10.2 Å². The molecule has 21 heavy (non-hydrogen) atoms. The smallest absolute Gasteiger partial charge is 0.0441 e. The van der Waals surface area contributed by atoms with Gasteiger partial charge in [-0.05, 0) is 30.0 Å². The van der Waals surface area contributed by atoms with Crippen molar-refractivity contribution in [3.05, 3.63) is 28.2 Å². The van der Waals surface area contributed by atoms with E-state index in [2.05, 4.69) is 37.9 Å². The highest BCUT2D eigenvalue weighted by molar-refractivity contribution is 6.35. The van der Waals surface area contributed by atoms with E-state index in [1.165, 1.54) is 6.42 Å². The summed E-state index contributed by atoms with van der Waals surface area (Å²) in [6.45, 7) is 11.1. The van der Waals surface area contributed by atoms with Crippen molar-refractivity contribution in [1.29, 1.82) is 0 Å². The van der Waals surface area contributed by atoms with Crippen LogP contribution in [-0.2, 0) is 0 Å². The molecule has 0 bridgehead atoms. The summed E-state index contributed by atoms with van der Waals surface area (Å²) in [6, 6.07) is 6.84. The van der Waals surface area contributed by atoms with Crippen LogP contribution in [0.25, 0.3) is 0 Å². The number of nitrogens with zero attached hydrogens (tertiary/aromatic N) is 1. The maximum Gasteiger partial charge on any atom is 0.0441 e. The van der Waals surface area contributed by atoms with Crippen molar-refractivity contribution < 1.29 is 0 Å². The largest absolute Gasteiger partial charge is 0.365 e. The number of rotatable bonds is 4. The molecule has 1 N–H and O–H groups in total. The molecule has 3 atom stereocenters. The van der Waals surface area contributed by atoms with E-state index in [1.54, 1.807) is 6.07 Å². The summed E-state index contributed by atoms with van der Waals surface area (Å²) < 4.78 is 0. The molecule has 1 aliphatic heterocycles. The van der Waals surface area contributed by atoms with Gasteiger partial charge in [0.05, 0.1) is 0 Å². The van der Waals surface area contributed by atoms with Crippen molar-refractivity contribution in [3.8, 4) is 0 Å². The van der Waals surface area contributed by atoms with Crippen LogP contribution in [0, 0.1) is 11.8 Å². The lowest BCUT2D eigenvalue weighted by molar-refractivity contribution is 0.281. The third-order valence-electron chi connectivity index (χ3n) is 4.66. The Morgan fingerprint density at radius 2 is 1.81 bits per heavy atom. The van der Waals surface area contributed by atoms with Gasteiger partial charge in [-0.2, -0.15) is 0 Å². The van der Waals surface area contributed by atoms with Crippen molar-refractivity contribution in [3.63, 3.8) is 0 Å². The first kappa shape index (κ1) is 16.9. The molecular formula is C17H26Cl2N2. The molecule has 0 spiro atoms. The quantitative estimate of drug-likeness (QED) is 0.850. The van der Waals surface area contributed by atoms with E-state index in [1.807, 2.05) is 12.1 Å². The second-order valence-electron chi connectivity index (χ2n) is 6.49. The predicted molar refractivity (Wildman–Crippen MR) is 93.7 cm³/mol. The van der Waals surface area contributed by atoms with Gasteiger partial charge in [0, 0.05) is 40.9 Å². The lowest BCUT2D eigenvalue weighted by atomic mass is 9.91. The molecule has 0 saturated carbocycles. The highest BCUT2D eigenvalue weighted by Crippen LogP contribution is 2.30. The number of nitrogens with one attached hydrogen (secondary N) is 1. The van der Waals surface area contributed by atoms with Crippen LogP contribution in [0.2, 0.25) is 10.0 Å². The molecule has 4 heteroatoms. The van der Waals surface area contributed by atoms with E-state index in [0.29, 0.717) is 34.0 Å². The molecule has 1 aromatic carbocycles. The zero-order chi connectivity index (χ0) is 15.6. The standard InChI is InChI=1S/C17H26Cl2N2/c1-5-12(4)16-10-21(17(9-20-16)11(2)3)15-7-13(18)6-14(19)8-15/h6-8,11-12,16-17,20H,5,9-10H2,1-4H3. The first-order valence-electron chi connectivity index (χ1n) is 7.88. The highest BCUT2D eigenvalue weighted by atomic mass is 35.5. The minimum absolute atomic E-state index is 0.472. The number of hydrogen-bond donors (Lipinski definition) is 1. The minimum Gasteiger partial charge on any atom is -0.365 e. The van der Waals surface area contributed by atoms with Crippen molar-refractivity contribution in [2.24, 2.45) is 11.8 Å². The fraction of sp³-hybridized carbons (Fsp3) is 0.647. The fourth-order valence-corrected chi connectivity index (χ4v) is 3.57. The number of hydrogen-bond acceptors (Lipinski definition) is 2. The Bertz CT molecular complexity index is 456. The number of halogens is 2. The number of benzene rings is 1. The maximum atomic E-state index is 6.20. The molecule has 1 aliphatic rings. The summed E-state index contributed by atoms with van der Waals surface area (Å²) in [4.78, 5) is 2.48. The van der Waals surface area contributed by atoms with Crippen LogP contribution < -0.4 is 10.2 Å². The lowest BCUT2D eigenvalue weighted by Crippen LogP contribution is -2.60. The first-order valence-corrected chi connectivity index (χ1v) is 8.64. The molecular weight excluding hydrogens is 303 g/mol. The average Bonchev–Trinajstić information content (AvgIpc) is 2.44. The summed E-state index contributed by atoms with van der Waals surface area (Å²) in [5, 5.41) is 5.14. The highest BCUT2D eigenvalue weighted by Gasteiger charge is 2.32. The average molecular weight is 329 g/mol. The Morgan fingerprint density at radius 1 is 1.19 bits per heavy atom. The van der Waals surface area contributed by atoms with Crippen LogP contribution in [0.15, 0.2) is 18.2 Å². The summed E-state index contributed by atoms with van der Waals surface area (Å²) in [7, 11) is 0. The summed E-state index contributed by atoms with van der Waals surface area (Å²) in [5.41, 5.74) is 1.14. The van der Waals surface area contributed by atoms with Gasteiger partial charge in [0.25, 0.3) is 0 Å². The summed E-state index contributed by atoms with van der Waals surface area (Å²) in [6.07, 6.45) is 1.19. The predicted octanol–water partition coefficient (Wildman–Crippen LogP) is 4.84. The Hall–Kier alpha value is -0.440. The topological polar surface area (TPSA) is 15.3 Å². The lowest BCUT2D eigenvalue weighted by Gasteiger charge is -2.45. The van der Waals surface area contributed by atoms with E-state index in [4.69, 9.17) is 23.2 Å². The summed E-state index contributed by atoms with van der Waals surface area (Å²) >= 11 is 12.4. The van der Waals surface area contributed by atoms with Crippen LogP contribution in [0.5, 0.6) is 0 Å². The Labute approximate surface area is 138 Å². The fourth-order valence-electron chi connectivity index (χ4n) is 3.06. The van der Waals surface area contributed by atoms with Crippen LogP contribution in [0.1, 0.15) is 34.1 Å². The molecule has 1 heterocycles. The van der Waals surface area contributed by atoms with Gasteiger partial charge in [-0.25, -0.2) is 0 Å². The van der Waals surface area contributed by atoms with Crippen molar-refractivity contribution in [1.82, 2.24) is 5.32 Å². The molecule has 0 radical (unpaired) electrons. The van der Waals surface area contributed by atoms with Gasteiger partial charge in [-0.3, -0.25) is 0 Å². The minimum atomic E-state index is 0.472. The zero-order valence-corrected chi connectivity index (χ0v) is 14.9. The molecule has 1 fully saturated rings. The van der Waals surface area contributed by atoms with Gasteiger partial charge in [-0.15, -0.1) is 0 Å². The second-order valence-corrected chi connectivity index (χ2v) is 7.36. The molecule has 1 saturated heterocycles. The molecule has 2 nitrogen and oxygen atoms in total. The van der Waals surface area contributed by atoms with Crippen molar-refractivity contribution >= 4 is 28.9 Å². The van der Waals surface area contributed by atoms with Crippen LogP contribution >= 0.6 is 23.2 Å². The molecule has 0 aliphatic carbocycles. The van der Waals surface area contributed by atoms with Crippen LogP contribution in [0.3, 0.4) is 0 Å². The molecule has 0 amide bonds. The molecule has 0 aromatic heterocycles. The van der Waals surface area contributed by atoms with Gasteiger partial charge in [0.1, 0.15) is 0 Å².